The minimum atomic E-state index is -0.591. The van der Waals surface area contributed by atoms with Gasteiger partial charge in [0.25, 0.3) is 0 Å². The van der Waals surface area contributed by atoms with Crippen LogP contribution >= 0.6 is 0 Å². The molecular formula is C22H27N3O2. The molecule has 1 heterocycles. The Kier molecular flexibility index (Phi) is 6.60. The molecule has 1 aliphatic heterocycles. The number of hydrogen-bond donors (Lipinski definition) is 2. The van der Waals surface area contributed by atoms with Crippen LogP contribution in [-0.2, 0) is 16.0 Å². The average Bonchev–Trinajstić information content (AvgIpc) is 3.20. The van der Waals surface area contributed by atoms with Gasteiger partial charge < -0.3 is 15.5 Å². The van der Waals surface area contributed by atoms with E-state index in [4.69, 9.17) is 0 Å². The summed E-state index contributed by atoms with van der Waals surface area (Å²) in [6.07, 6.45) is 2.99. The van der Waals surface area contributed by atoms with Gasteiger partial charge in [-0.3, -0.25) is 9.59 Å². The summed E-state index contributed by atoms with van der Waals surface area (Å²) in [6, 6.07) is 18.9. The summed E-state index contributed by atoms with van der Waals surface area (Å²) in [5.74, 6) is -0.192. The predicted octanol–water partition coefficient (Wildman–Crippen LogP) is 2.52. The molecule has 1 aliphatic rings. The number of likely N-dealkylation sites (N-methyl/N-ethyl adjacent to an activating group) is 1. The number of nitrogens with one attached hydrogen (secondary N) is 2. The molecule has 0 aromatic heterocycles. The number of carbonyl (C=O) groups is 2. The maximum absolute atomic E-state index is 13.1. The number of anilines is 1. The highest BCUT2D eigenvalue weighted by molar-refractivity contribution is 5.99. The Morgan fingerprint density at radius 2 is 1.78 bits per heavy atom. The highest BCUT2D eigenvalue weighted by atomic mass is 16.2. The molecular weight excluding hydrogens is 338 g/mol. The normalized spacial score (nSPS) is 17.3. The third kappa shape index (κ3) is 5.41. The summed E-state index contributed by atoms with van der Waals surface area (Å²) in [5.41, 5.74) is 1.84. The quantitative estimate of drug-likeness (QED) is 0.793. The largest absolute Gasteiger partial charge is 0.344 e. The summed E-state index contributed by atoms with van der Waals surface area (Å²) < 4.78 is 0. The minimum Gasteiger partial charge on any atom is -0.344 e. The zero-order valence-corrected chi connectivity index (χ0v) is 15.7. The maximum Gasteiger partial charge on any atom is 0.249 e. The molecule has 5 nitrogen and oxygen atoms in total. The van der Waals surface area contributed by atoms with Crippen molar-refractivity contribution in [3.63, 3.8) is 0 Å². The van der Waals surface area contributed by atoms with Crippen LogP contribution in [0.15, 0.2) is 60.7 Å². The molecule has 2 aromatic rings. The van der Waals surface area contributed by atoms with Crippen molar-refractivity contribution in [1.82, 2.24) is 10.6 Å². The fourth-order valence-corrected chi connectivity index (χ4v) is 3.47. The molecule has 0 bridgehead atoms. The highest BCUT2D eigenvalue weighted by Gasteiger charge is 2.26. The molecule has 3 rings (SSSR count). The van der Waals surface area contributed by atoms with Crippen molar-refractivity contribution < 1.29 is 9.59 Å². The van der Waals surface area contributed by atoms with E-state index in [1.54, 1.807) is 11.9 Å². The molecule has 0 radical (unpaired) electrons. The van der Waals surface area contributed by atoms with Crippen LogP contribution in [0.2, 0.25) is 0 Å². The van der Waals surface area contributed by atoms with Crippen molar-refractivity contribution in [1.29, 1.82) is 0 Å². The van der Waals surface area contributed by atoms with Gasteiger partial charge in [-0.05, 0) is 37.1 Å². The van der Waals surface area contributed by atoms with E-state index in [-0.39, 0.29) is 17.9 Å². The Hall–Kier alpha value is -2.66. The smallest absolute Gasteiger partial charge is 0.249 e. The number of nitrogens with zero attached hydrogens (tertiary/aromatic N) is 1. The Morgan fingerprint density at radius 3 is 2.41 bits per heavy atom. The first kappa shape index (κ1) is 19.1. The van der Waals surface area contributed by atoms with Crippen LogP contribution in [0.1, 0.15) is 24.8 Å². The predicted molar refractivity (Wildman–Crippen MR) is 108 cm³/mol. The molecule has 1 saturated heterocycles. The van der Waals surface area contributed by atoms with E-state index in [1.807, 2.05) is 60.7 Å². The first-order valence-corrected chi connectivity index (χ1v) is 9.53. The summed E-state index contributed by atoms with van der Waals surface area (Å²) in [5, 5.41) is 6.30. The number of hydrogen-bond acceptors (Lipinski definition) is 3. The van der Waals surface area contributed by atoms with Gasteiger partial charge in [0, 0.05) is 31.6 Å². The van der Waals surface area contributed by atoms with Crippen LogP contribution < -0.4 is 15.5 Å². The van der Waals surface area contributed by atoms with Gasteiger partial charge in [-0.15, -0.1) is 0 Å². The number of carbonyl (C=O) groups excluding carboxylic acids is 2. The Morgan fingerprint density at radius 1 is 1.11 bits per heavy atom. The van der Waals surface area contributed by atoms with Crippen LogP contribution in [0.5, 0.6) is 0 Å². The van der Waals surface area contributed by atoms with Crippen molar-refractivity contribution in [3.8, 4) is 0 Å². The van der Waals surface area contributed by atoms with Gasteiger partial charge in [-0.1, -0.05) is 48.5 Å². The number of para-hydroxylation sites is 1. The molecule has 0 saturated carbocycles. The zero-order chi connectivity index (χ0) is 19.1. The van der Waals surface area contributed by atoms with Gasteiger partial charge in [0.1, 0.15) is 6.04 Å². The lowest BCUT2D eigenvalue weighted by Gasteiger charge is -2.25. The second-order valence-corrected chi connectivity index (χ2v) is 7.04. The number of rotatable bonds is 7. The average molecular weight is 365 g/mol. The van der Waals surface area contributed by atoms with Crippen molar-refractivity contribution in [2.75, 3.05) is 18.5 Å². The van der Waals surface area contributed by atoms with Gasteiger partial charge in [-0.2, -0.15) is 0 Å². The standard InChI is InChI=1S/C22H27N3O2/c1-25(19-12-6-3-7-13-19)22(27)20(15-17-9-4-2-5-10-17)24-21(26)16-18-11-8-14-23-18/h2-7,9-10,12-13,18,20,23H,8,11,14-16H2,1H3,(H,24,26)/t18?,20-/m0/s1. The number of amides is 2. The Balaban J connectivity index is 1.71. The molecule has 5 heteroatoms. The summed E-state index contributed by atoms with van der Waals surface area (Å²) in [7, 11) is 1.75. The van der Waals surface area contributed by atoms with Gasteiger partial charge >= 0.3 is 0 Å². The van der Waals surface area contributed by atoms with Gasteiger partial charge in [0.2, 0.25) is 11.8 Å². The van der Waals surface area contributed by atoms with Crippen LogP contribution in [0.4, 0.5) is 5.69 Å². The van der Waals surface area contributed by atoms with E-state index in [9.17, 15) is 9.59 Å². The lowest BCUT2D eigenvalue weighted by atomic mass is 10.0. The maximum atomic E-state index is 13.1. The lowest BCUT2D eigenvalue weighted by Crippen LogP contribution is -2.49. The SMILES string of the molecule is CN(C(=O)[C@H](Cc1ccccc1)NC(=O)CC1CCCN1)c1ccccc1. The summed E-state index contributed by atoms with van der Waals surface area (Å²) in [6.45, 7) is 0.959. The monoisotopic (exact) mass is 365 g/mol. The minimum absolute atomic E-state index is 0.0786. The van der Waals surface area contributed by atoms with Crippen molar-refractivity contribution >= 4 is 17.5 Å². The van der Waals surface area contributed by atoms with Crippen LogP contribution in [0.25, 0.3) is 0 Å². The second kappa shape index (κ2) is 9.33. The molecule has 2 N–H and O–H groups in total. The molecule has 2 atom stereocenters. The van der Waals surface area contributed by atoms with Crippen molar-refractivity contribution in [2.24, 2.45) is 0 Å². The van der Waals surface area contributed by atoms with Gasteiger partial charge in [0.05, 0.1) is 0 Å². The first-order valence-electron chi connectivity index (χ1n) is 9.53. The molecule has 27 heavy (non-hydrogen) atoms. The highest BCUT2D eigenvalue weighted by Crippen LogP contribution is 2.15. The van der Waals surface area contributed by atoms with Crippen molar-refractivity contribution in [3.05, 3.63) is 66.2 Å². The van der Waals surface area contributed by atoms with Gasteiger partial charge in [-0.25, -0.2) is 0 Å². The molecule has 0 aliphatic carbocycles. The third-order valence-corrected chi connectivity index (χ3v) is 4.98. The van der Waals surface area contributed by atoms with Crippen molar-refractivity contribution in [2.45, 2.75) is 37.8 Å². The van der Waals surface area contributed by atoms with E-state index in [0.717, 1.165) is 30.6 Å². The van der Waals surface area contributed by atoms with E-state index >= 15 is 0 Å². The van der Waals surface area contributed by atoms with E-state index in [0.29, 0.717) is 12.8 Å². The molecule has 142 valence electrons. The zero-order valence-electron chi connectivity index (χ0n) is 15.7. The van der Waals surface area contributed by atoms with E-state index < -0.39 is 6.04 Å². The Labute approximate surface area is 160 Å². The van der Waals surface area contributed by atoms with Crippen LogP contribution in [0, 0.1) is 0 Å². The molecule has 0 spiro atoms. The molecule has 2 aromatic carbocycles. The fourth-order valence-electron chi connectivity index (χ4n) is 3.47. The third-order valence-electron chi connectivity index (χ3n) is 4.98. The van der Waals surface area contributed by atoms with E-state index in [1.165, 1.54) is 0 Å². The summed E-state index contributed by atoms with van der Waals surface area (Å²) >= 11 is 0. The van der Waals surface area contributed by atoms with Crippen LogP contribution in [0.3, 0.4) is 0 Å². The second-order valence-electron chi connectivity index (χ2n) is 7.04. The molecule has 1 fully saturated rings. The van der Waals surface area contributed by atoms with E-state index in [2.05, 4.69) is 10.6 Å². The lowest BCUT2D eigenvalue weighted by molar-refractivity contribution is -0.127. The fraction of sp³-hybridized carbons (Fsp3) is 0.364. The molecule has 2 amide bonds. The topological polar surface area (TPSA) is 61.4 Å². The summed E-state index contributed by atoms with van der Waals surface area (Å²) in [4.78, 5) is 27.3. The first-order chi connectivity index (χ1) is 13.1. The Bertz CT molecular complexity index is 743. The number of benzene rings is 2. The van der Waals surface area contributed by atoms with Crippen LogP contribution in [-0.4, -0.2) is 37.5 Å². The molecule has 1 unspecified atom stereocenters. The van der Waals surface area contributed by atoms with Gasteiger partial charge in [0.15, 0.2) is 0 Å².